The predicted octanol–water partition coefficient (Wildman–Crippen LogP) is 1.52. The van der Waals surface area contributed by atoms with Gasteiger partial charge in [0.15, 0.2) is 0 Å². The summed E-state index contributed by atoms with van der Waals surface area (Å²) in [5.41, 5.74) is 0.00550. The zero-order chi connectivity index (χ0) is 15.7. The number of aryl methyl sites for hydroxylation is 1. The van der Waals surface area contributed by atoms with E-state index in [9.17, 15) is 13.5 Å². The third-order valence-corrected chi connectivity index (χ3v) is 7.44. The maximum absolute atomic E-state index is 12.7. The first-order valence-electron chi connectivity index (χ1n) is 7.16. The smallest absolute Gasteiger partial charge is 0.252 e. The fourth-order valence-electron chi connectivity index (χ4n) is 2.88. The lowest BCUT2D eigenvalue weighted by Gasteiger charge is -2.29. The third-order valence-electron chi connectivity index (χ3n) is 3.88. The molecule has 7 heteroatoms. The Morgan fingerprint density at radius 3 is 2.67 bits per heavy atom. The molecule has 1 unspecified atom stereocenters. The molecule has 0 amide bonds. The van der Waals surface area contributed by atoms with Gasteiger partial charge in [-0.25, -0.2) is 8.42 Å². The molecule has 0 radical (unpaired) electrons. The number of sulfonamides is 1. The van der Waals surface area contributed by atoms with Crippen LogP contribution in [0.15, 0.2) is 15.7 Å². The maximum atomic E-state index is 12.7. The Bertz CT molecular complexity index is 583. The summed E-state index contributed by atoms with van der Waals surface area (Å²) in [7, 11) is 0.422. The van der Waals surface area contributed by atoms with Gasteiger partial charge in [0.1, 0.15) is 4.21 Å². The molecule has 1 fully saturated rings. The van der Waals surface area contributed by atoms with Gasteiger partial charge in [-0.2, -0.15) is 4.31 Å². The van der Waals surface area contributed by atoms with E-state index in [-0.39, 0.29) is 0 Å². The molecule has 1 aromatic heterocycles. The Labute approximate surface area is 131 Å². The number of aliphatic hydroxyl groups is 1. The third kappa shape index (κ3) is 3.84. The normalized spacial score (nSPS) is 25.2. The highest BCUT2D eigenvalue weighted by Crippen LogP contribution is 2.30. The fourth-order valence-corrected chi connectivity index (χ4v) is 5.91. The van der Waals surface area contributed by atoms with Gasteiger partial charge in [-0.15, -0.1) is 11.3 Å². The molecule has 1 saturated heterocycles. The van der Waals surface area contributed by atoms with Gasteiger partial charge in [-0.1, -0.05) is 0 Å². The number of thiophene rings is 1. The Morgan fingerprint density at radius 1 is 1.38 bits per heavy atom. The molecule has 1 aromatic rings. The average molecular weight is 332 g/mol. The topological polar surface area (TPSA) is 60.9 Å². The first-order chi connectivity index (χ1) is 9.74. The minimum absolute atomic E-state index is 0.379. The van der Waals surface area contributed by atoms with Crippen LogP contribution in [0.3, 0.4) is 0 Å². The van der Waals surface area contributed by atoms with Crippen LogP contribution in [0.4, 0.5) is 0 Å². The Morgan fingerprint density at radius 2 is 2.10 bits per heavy atom. The van der Waals surface area contributed by atoms with Crippen LogP contribution in [0, 0.1) is 6.92 Å². The molecule has 5 nitrogen and oxygen atoms in total. The molecule has 1 N–H and O–H groups in total. The zero-order valence-electron chi connectivity index (χ0n) is 12.9. The van der Waals surface area contributed by atoms with E-state index >= 15 is 0 Å². The summed E-state index contributed by atoms with van der Waals surface area (Å²) in [5, 5.41) is 12.4. The molecule has 1 aliphatic rings. The second-order valence-electron chi connectivity index (χ2n) is 6.11. The molecule has 2 heterocycles. The van der Waals surface area contributed by atoms with Crippen molar-refractivity contribution in [2.75, 3.05) is 33.7 Å². The van der Waals surface area contributed by atoms with Crippen LogP contribution in [-0.4, -0.2) is 62.1 Å². The monoisotopic (exact) mass is 332 g/mol. The van der Waals surface area contributed by atoms with Crippen LogP contribution in [0.25, 0.3) is 0 Å². The van der Waals surface area contributed by atoms with Gasteiger partial charge in [-0.05, 0) is 57.3 Å². The molecule has 2 rings (SSSR count). The van der Waals surface area contributed by atoms with Crippen LogP contribution in [0.5, 0.6) is 0 Å². The minimum atomic E-state index is -3.42. The fraction of sp³-hybridized carbons (Fsp3) is 0.714. The van der Waals surface area contributed by atoms with Gasteiger partial charge >= 0.3 is 0 Å². The lowest BCUT2D eigenvalue weighted by atomic mass is 9.94. The molecular weight excluding hydrogens is 308 g/mol. The molecule has 120 valence electrons. The van der Waals surface area contributed by atoms with Crippen LogP contribution < -0.4 is 0 Å². The lowest BCUT2D eigenvalue weighted by Crippen LogP contribution is -2.41. The summed E-state index contributed by atoms with van der Waals surface area (Å²) in [4.78, 5) is 1.95. The first kappa shape index (κ1) is 16.9. The Balaban J connectivity index is 2.15. The summed E-state index contributed by atoms with van der Waals surface area (Å²) >= 11 is 1.27. The quantitative estimate of drug-likeness (QED) is 0.908. The first-order valence-corrected chi connectivity index (χ1v) is 9.48. The minimum Gasteiger partial charge on any atom is -0.389 e. The van der Waals surface area contributed by atoms with Crippen molar-refractivity contribution in [3.8, 4) is 0 Å². The molecular formula is C14H24N2O3S2. The van der Waals surface area contributed by atoms with Gasteiger partial charge in [0.05, 0.1) is 5.60 Å². The SMILES string of the molecule is Cc1ccsc1S(=O)(=O)N1CCCC(O)(CN(C)C)CC1. The summed E-state index contributed by atoms with van der Waals surface area (Å²) in [5.74, 6) is 0. The summed E-state index contributed by atoms with van der Waals surface area (Å²) in [6, 6.07) is 1.83. The standard InChI is InChI=1S/C14H24N2O3S2/c1-12-5-10-20-13(12)21(18,19)16-8-4-6-14(17,7-9-16)11-15(2)3/h5,10,17H,4,6-9,11H2,1-3H3. The van der Waals surface area contributed by atoms with E-state index in [0.717, 1.165) is 5.56 Å². The van der Waals surface area contributed by atoms with Crippen molar-refractivity contribution in [3.05, 3.63) is 17.0 Å². The summed E-state index contributed by atoms with van der Waals surface area (Å²) < 4.78 is 27.4. The Kier molecular flexibility index (Phi) is 5.10. The van der Waals surface area contributed by atoms with Crippen molar-refractivity contribution in [1.82, 2.24) is 9.21 Å². The number of hydrogen-bond acceptors (Lipinski definition) is 5. The molecule has 1 aliphatic heterocycles. The molecule has 0 saturated carbocycles. The van der Waals surface area contributed by atoms with E-state index in [2.05, 4.69) is 0 Å². The van der Waals surface area contributed by atoms with Crippen LogP contribution >= 0.6 is 11.3 Å². The molecule has 1 atom stereocenters. The van der Waals surface area contributed by atoms with Crippen LogP contribution in [-0.2, 0) is 10.0 Å². The highest BCUT2D eigenvalue weighted by molar-refractivity contribution is 7.91. The molecule has 0 aliphatic carbocycles. The number of rotatable bonds is 4. The van der Waals surface area contributed by atoms with Gasteiger partial charge in [0.2, 0.25) is 0 Å². The summed E-state index contributed by atoms with van der Waals surface area (Å²) in [6.07, 6.45) is 1.81. The second kappa shape index (κ2) is 6.34. The molecule has 21 heavy (non-hydrogen) atoms. The number of nitrogens with zero attached hydrogens (tertiary/aromatic N) is 2. The predicted molar refractivity (Wildman–Crippen MR) is 85.2 cm³/mol. The van der Waals surface area contributed by atoms with Crippen molar-refractivity contribution in [3.63, 3.8) is 0 Å². The van der Waals surface area contributed by atoms with Gasteiger partial charge in [0.25, 0.3) is 10.0 Å². The van der Waals surface area contributed by atoms with Gasteiger partial charge in [0, 0.05) is 19.6 Å². The number of hydrogen-bond donors (Lipinski definition) is 1. The average Bonchev–Trinajstić information content (AvgIpc) is 2.69. The van der Waals surface area contributed by atoms with Gasteiger partial charge < -0.3 is 10.0 Å². The van der Waals surface area contributed by atoms with Crippen molar-refractivity contribution in [1.29, 1.82) is 0 Å². The lowest BCUT2D eigenvalue weighted by molar-refractivity contribution is 0.00405. The zero-order valence-corrected chi connectivity index (χ0v) is 14.5. The highest BCUT2D eigenvalue weighted by atomic mass is 32.2. The summed E-state index contributed by atoms with van der Waals surface area (Å²) in [6.45, 7) is 3.25. The van der Waals surface area contributed by atoms with Crippen molar-refractivity contribution in [2.45, 2.75) is 36.0 Å². The largest absolute Gasteiger partial charge is 0.389 e. The van der Waals surface area contributed by atoms with E-state index in [4.69, 9.17) is 0 Å². The van der Waals surface area contributed by atoms with E-state index < -0.39 is 15.6 Å². The van der Waals surface area contributed by atoms with Crippen molar-refractivity contribution < 1.29 is 13.5 Å². The molecule has 0 bridgehead atoms. The highest BCUT2D eigenvalue weighted by Gasteiger charge is 2.35. The van der Waals surface area contributed by atoms with E-state index in [0.29, 0.717) is 43.1 Å². The van der Waals surface area contributed by atoms with E-state index in [1.165, 1.54) is 15.6 Å². The van der Waals surface area contributed by atoms with Crippen LogP contribution in [0.1, 0.15) is 24.8 Å². The maximum Gasteiger partial charge on any atom is 0.252 e. The second-order valence-corrected chi connectivity index (χ2v) is 9.16. The van der Waals surface area contributed by atoms with E-state index in [1.807, 2.05) is 37.4 Å². The Hall–Kier alpha value is -0.470. The van der Waals surface area contributed by atoms with Crippen molar-refractivity contribution >= 4 is 21.4 Å². The number of likely N-dealkylation sites (N-methyl/N-ethyl adjacent to an activating group) is 1. The van der Waals surface area contributed by atoms with E-state index in [1.54, 1.807) is 0 Å². The van der Waals surface area contributed by atoms with Crippen molar-refractivity contribution in [2.24, 2.45) is 0 Å². The molecule has 0 aromatic carbocycles. The van der Waals surface area contributed by atoms with Gasteiger partial charge in [-0.3, -0.25) is 0 Å². The molecule has 0 spiro atoms. The van der Waals surface area contributed by atoms with Crippen LogP contribution in [0.2, 0.25) is 0 Å².